The molecule has 0 aliphatic carbocycles. The Morgan fingerprint density at radius 1 is 1.13 bits per heavy atom. The van der Waals surface area contributed by atoms with Crippen LogP contribution in [0.15, 0.2) is 60.7 Å². The Labute approximate surface area is 139 Å². The fraction of sp³-hybridized carbons (Fsp3) is 0.250. The minimum atomic E-state index is 0.617. The molecule has 23 heavy (non-hydrogen) atoms. The lowest BCUT2D eigenvalue weighted by atomic mass is 10.0. The average Bonchev–Trinajstić information content (AvgIpc) is 2.56. The molecule has 122 valence electrons. The molecule has 0 aliphatic heterocycles. The van der Waals surface area contributed by atoms with Gasteiger partial charge in [-0.3, -0.25) is 4.99 Å². The molecular formula is C20H26N2O. The van der Waals surface area contributed by atoms with Gasteiger partial charge in [-0.15, -0.1) is 0 Å². The van der Waals surface area contributed by atoms with Crippen molar-refractivity contribution in [2.45, 2.75) is 13.8 Å². The largest absolute Gasteiger partial charge is 0.497 e. The van der Waals surface area contributed by atoms with Gasteiger partial charge in [0.1, 0.15) is 5.75 Å². The molecule has 3 nitrogen and oxygen atoms in total. The van der Waals surface area contributed by atoms with E-state index >= 15 is 0 Å². The Morgan fingerprint density at radius 2 is 1.78 bits per heavy atom. The van der Waals surface area contributed by atoms with Crippen LogP contribution in [0.2, 0.25) is 0 Å². The molecule has 1 rings (SSSR count). The summed E-state index contributed by atoms with van der Waals surface area (Å²) in [5.41, 5.74) is 5.74. The summed E-state index contributed by atoms with van der Waals surface area (Å²) in [6.07, 6.45) is 3.89. The predicted molar refractivity (Wildman–Crippen MR) is 102 cm³/mol. The molecule has 1 aromatic carbocycles. The average molecular weight is 310 g/mol. The second-order valence-electron chi connectivity index (χ2n) is 5.42. The standard InChI is InChI=1S/C20H26N2O/c1-14(2)18-10-19(12-20(11-18)23-7)17(5)22-13-15(3)8-9-16(4)21-6/h8-12,22H,1,3,5,13H2,2,4,6-7H3/b9-8-,21-16-. The molecule has 3 heteroatoms. The second-order valence-corrected chi connectivity index (χ2v) is 5.42. The number of nitrogens with zero attached hydrogens (tertiary/aromatic N) is 1. The summed E-state index contributed by atoms with van der Waals surface area (Å²) in [5, 5.41) is 3.29. The molecule has 1 N–H and O–H groups in total. The molecule has 0 aliphatic rings. The fourth-order valence-corrected chi connectivity index (χ4v) is 1.83. The van der Waals surface area contributed by atoms with Crippen molar-refractivity contribution >= 4 is 17.0 Å². The van der Waals surface area contributed by atoms with Crippen LogP contribution in [0.5, 0.6) is 5.75 Å². The zero-order valence-electron chi connectivity index (χ0n) is 14.6. The van der Waals surface area contributed by atoms with E-state index in [-0.39, 0.29) is 0 Å². The van der Waals surface area contributed by atoms with Gasteiger partial charge in [-0.05, 0) is 49.3 Å². The van der Waals surface area contributed by atoms with Crippen LogP contribution < -0.4 is 10.1 Å². The van der Waals surface area contributed by atoms with Gasteiger partial charge in [-0.25, -0.2) is 0 Å². The van der Waals surface area contributed by atoms with Crippen LogP contribution in [0.25, 0.3) is 11.3 Å². The molecule has 0 radical (unpaired) electrons. The van der Waals surface area contributed by atoms with Crippen LogP contribution in [0.3, 0.4) is 0 Å². The maximum absolute atomic E-state index is 5.35. The lowest BCUT2D eigenvalue weighted by molar-refractivity contribution is 0.414. The first kappa shape index (κ1) is 18.5. The Balaban J connectivity index is 2.78. The van der Waals surface area contributed by atoms with Crippen molar-refractivity contribution in [3.8, 4) is 5.75 Å². The summed E-state index contributed by atoms with van der Waals surface area (Å²) in [6, 6.07) is 5.97. The van der Waals surface area contributed by atoms with Gasteiger partial charge in [0.25, 0.3) is 0 Å². The highest BCUT2D eigenvalue weighted by molar-refractivity contribution is 5.93. The van der Waals surface area contributed by atoms with Crippen LogP contribution in [0.4, 0.5) is 0 Å². The Hall–Kier alpha value is -2.55. The third-order valence-corrected chi connectivity index (χ3v) is 3.43. The Kier molecular flexibility index (Phi) is 7.07. The molecule has 0 fully saturated rings. The van der Waals surface area contributed by atoms with Gasteiger partial charge < -0.3 is 10.1 Å². The number of nitrogens with one attached hydrogen (secondary N) is 1. The van der Waals surface area contributed by atoms with Crippen LogP contribution in [0, 0.1) is 0 Å². The number of benzene rings is 1. The zero-order chi connectivity index (χ0) is 17.4. The summed E-state index contributed by atoms with van der Waals surface area (Å²) < 4.78 is 5.35. The van der Waals surface area contributed by atoms with E-state index < -0.39 is 0 Å². The highest BCUT2D eigenvalue weighted by Crippen LogP contribution is 2.24. The predicted octanol–water partition coefficient (Wildman–Crippen LogP) is 4.49. The summed E-state index contributed by atoms with van der Waals surface area (Å²) in [5.74, 6) is 0.789. The van der Waals surface area contributed by atoms with E-state index in [1.807, 2.05) is 44.2 Å². The number of methoxy groups -OCH3 is 1. The number of rotatable bonds is 8. The second kappa shape index (κ2) is 8.79. The first-order valence-electron chi connectivity index (χ1n) is 7.44. The van der Waals surface area contributed by atoms with Crippen molar-refractivity contribution in [3.05, 3.63) is 66.8 Å². The fourth-order valence-electron chi connectivity index (χ4n) is 1.83. The normalized spacial score (nSPS) is 11.4. The number of hydrogen-bond donors (Lipinski definition) is 1. The third-order valence-electron chi connectivity index (χ3n) is 3.43. The quantitative estimate of drug-likeness (QED) is 0.567. The molecule has 0 heterocycles. The van der Waals surface area contributed by atoms with Gasteiger partial charge in [0.15, 0.2) is 0 Å². The monoisotopic (exact) mass is 310 g/mol. The third kappa shape index (κ3) is 5.99. The van der Waals surface area contributed by atoms with E-state index in [1.165, 1.54) is 0 Å². The van der Waals surface area contributed by atoms with E-state index in [2.05, 4.69) is 30.0 Å². The first-order chi connectivity index (χ1) is 10.9. The van der Waals surface area contributed by atoms with Gasteiger partial charge in [0.2, 0.25) is 0 Å². The van der Waals surface area contributed by atoms with Gasteiger partial charge in [0.05, 0.1) is 7.11 Å². The molecule has 0 atom stereocenters. The molecule has 0 spiro atoms. The maximum Gasteiger partial charge on any atom is 0.120 e. The number of allylic oxidation sites excluding steroid dienone is 2. The van der Waals surface area contributed by atoms with Crippen molar-refractivity contribution in [1.29, 1.82) is 0 Å². The van der Waals surface area contributed by atoms with Crippen molar-refractivity contribution in [1.82, 2.24) is 5.32 Å². The summed E-state index contributed by atoms with van der Waals surface area (Å²) in [7, 11) is 3.42. The van der Waals surface area contributed by atoms with E-state index in [4.69, 9.17) is 4.74 Å². The van der Waals surface area contributed by atoms with E-state index in [0.29, 0.717) is 6.54 Å². The zero-order valence-corrected chi connectivity index (χ0v) is 14.6. The summed E-state index contributed by atoms with van der Waals surface area (Å²) in [4.78, 5) is 4.08. The molecule has 0 amide bonds. The smallest absolute Gasteiger partial charge is 0.120 e. The van der Waals surface area contributed by atoms with Gasteiger partial charge >= 0.3 is 0 Å². The SMILES string of the molecule is C=C(/C=C\C(C)=N/C)CNC(=C)c1cc(OC)cc(C(=C)C)c1. The number of ether oxygens (including phenoxy) is 1. The van der Waals surface area contributed by atoms with E-state index in [0.717, 1.165) is 39.4 Å². The lowest BCUT2D eigenvalue weighted by Gasteiger charge is -2.13. The topological polar surface area (TPSA) is 33.6 Å². The maximum atomic E-state index is 5.35. The van der Waals surface area contributed by atoms with Crippen LogP contribution in [-0.4, -0.2) is 26.4 Å². The number of aliphatic imine (C=N–C) groups is 1. The molecule has 0 unspecified atom stereocenters. The van der Waals surface area contributed by atoms with Crippen LogP contribution >= 0.6 is 0 Å². The van der Waals surface area contributed by atoms with E-state index in [9.17, 15) is 0 Å². The van der Waals surface area contributed by atoms with Crippen LogP contribution in [0.1, 0.15) is 25.0 Å². The van der Waals surface area contributed by atoms with Crippen molar-refractivity contribution in [2.24, 2.45) is 4.99 Å². The summed E-state index contributed by atoms with van der Waals surface area (Å²) in [6.45, 7) is 16.6. The molecule has 0 saturated carbocycles. The van der Waals surface area contributed by atoms with Crippen molar-refractivity contribution in [2.75, 3.05) is 20.7 Å². The number of hydrogen-bond acceptors (Lipinski definition) is 3. The highest BCUT2D eigenvalue weighted by atomic mass is 16.5. The van der Waals surface area contributed by atoms with Crippen LogP contribution in [-0.2, 0) is 0 Å². The molecule has 0 bridgehead atoms. The lowest BCUT2D eigenvalue weighted by Crippen LogP contribution is -2.14. The molecule has 0 aromatic heterocycles. The van der Waals surface area contributed by atoms with Crippen molar-refractivity contribution in [3.63, 3.8) is 0 Å². The Morgan fingerprint density at radius 3 is 2.35 bits per heavy atom. The first-order valence-corrected chi connectivity index (χ1v) is 7.44. The minimum Gasteiger partial charge on any atom is -0.497 e. The molecule has 1 aromatic rings. The molecular weight excluding hydrogens is 284 g/mol. The van der Waals surface area contributed by atoms with Gasteiger partial charge in [-0.2, -0.15) is 0 Å². The summed E-state index contributed by atoms with van der Waals surface area (Å²) >= 11 is 0. The van der Waals surface area contributed by atoms with Gasteiger partial charge in [0, 0.05) is 30.6 Å². The Bertz CT molecular complexity index is 666. The van der Waals surface area contributed by atoms with E-state index in [1.54, 1.807) is 14.2 Å². The highest BCUT2D eigenvalue weighted by Gasteiger charge is 2.05. The molecule has 0 saturated heterocycles. The minimum absolute atomic E-state index is 0.617. The van der Waals surface area contributed by atoms with Gasteiger partial charge in [-0.1, -0.05) is 31.4 Å². The van der Waals surface area contributed by atoms with Crippen molar-refractivity contribution < 1.29 is 4.74 Å².